The van der Waals surface area contributed by atoms with Gasteiger partial charge in [0, 0.05) is 36.3 Å². The topological polar surface area (TPSA) is 30.9 Å². The van der Waals surface area contributed by atoms with Crippen molar-refractivity contribution in [3.05, 3.63) is 29.3 Å². The first kappa shape index (κ1) is 15.4. The van der Waals surface area contributed by atoms with E-state index in [1.807, 2.05) is 6.07 Å². The number of hydrogen-bond acceptors (Lipinski definition) is 4. The zero-order valence-corrected chi connectivity index (χ0v) is 13.9. The van der Waals surface area contributed by atoms with E-state index in [-0.39, 0.29) is 5.60 Å². The Labute approximate surface area is 132 Å². The summed E-state index contributed by atoms with van der Waals surface area (Å²) in [6.07, 6.45) is 4.25. The first-order valence-electron chi connectivity index (χ1n) is 7.92. The molecular weight excluding hydrogens is 278 g/mol. The molecule has 0 spiro atoms. The number of benzene rings is 1. The Morgan fingerprint density at radius 3 is 2.64 bits per heavy atom. The number of hydrogen-bond donors (Lipinski definition) is 0. The van der Waals surface area contributed by atoms with E-state index in [0.717, 1.165) is 43.4 Å². The van der Waals surface area contributed by atoms with E-state index >= 15 is 0 Å². The third kappa shape index (κ3) is 2.99. The van der Waals surface area contributed by atoms with E-state index in [9.17, 15) is 0 Å². The van der Waals surface area contributed by atoms with Crippen LogP contribution in [0.4, 0.5) is 0 Å². The molecule has 22 heavy (non-hydrogen) atoms. The molecule has 1 aromatic rings. The van der Waals surface area contributed by atoms with Gasteiger partial charge in [0.2, 0.25) is 0 Å². The molecule has 0 radical (unpaired) electrons. The van der Waals surface area contributed by atoms with E-state index in [2.05, 4.69) is 43.9 Å². The van der Waals surface area contributed by atoms with Crippen LogP contribution in [0.2, 0.25) is 0 Å². The molecule has 1 aromatic carbocycles. The monoisotopic (exact) mass is 303 g/mol. The summed E-state index contributed by atoms with van der Waals surface area (Å²) in [5.41, 5.74) is 2.06. The predicted octanol–water partition coefficient (Wildman–Crippen LogP) is 3.27. The van der Waals surface area contributed by atoms with Crippen LogP contribution < -0.4 is 9.47 Å². The lowest BCUT2D eigenvalue weighted by atomic mass is 9.97. The van der Waals surface area contributed by atoms with Crippen molar-refractivity contribution in [2.24, 2.45) is 0 Å². The Hall–Kier alpha value is -1.52. The first-order chi connectivity index (χ1) is 10.5. The van der Waals surface area contributed by atoms with Crippen LogP contribution in [0.15, 0.2) is 18.2 Å². The largest absolute Gasteiger partial charge is 0.496 e. The lowest BCUT2D eigenvalue weighted by Crippen LogP contribution is -2.38. The summed E-state index contributed by atoms with van der Waals surface area (Å²) in [6.45, 7) is 9.87. The molecule has 4 heteroatoms. The molecule has 1 saturated heterocycles. The van der Waals surface area contributed by atoms with Crippen LogP contribution in [0.3, 0.4) is 0 Å². The Kier molecular flexibility index (Phi) is 4.15. The number of methoxy groups -OCH3 is 1. The van der Waals surface area contributed by atoms with Gasteiger partial charge >= 0.3 is 0 Å². The maximum absolute atomic E-state index is 6.04. The lowest BCUT2D eigenvalue weighted by molar-refractivity contribution is 0.0194. The molecule has 0 aliphatic carbocycles. The SMILES string of the molecule is COc1cc2c(cc1C(C)N1CCOCC1)C=CC(C)(C)O2. The van der Waals surface area contributed by atoms with Crippen molar-refractivity contribution in [3.8, 4) is 11.5 Å². The number of morpholine rings is 1. The van der Waals surface area contributed by atoms with Crippen LogP contribution in [0.1, 0.15) is 37.9 Å². The minimum absolute atomic E-state index is 0.268. The van der Waals surface area contributed by atoms with Gasteiger partial charge in [-0.3, -0.25) is 4.90 Å². The van der Waals surface area contributed by atoms with E-state index in [4.69, 9.17) is 14.2 Å². The minimum Gasteiger partial charge on any atom is -0.496 e. The second-order valence-corrected chi connectivity index (χ2v) is 6.50. The fraction of sp³-hybridized carbons (Fsp3) is 0.556. The summed E-state index contributed by atoms with van der Waals surface area (Å²) in [5, 5.41) is 0. The Morgan fingerprint density at radius 2 is 1.95 bits per heavy atom. The van der Waals surface area contributed by atoms with Crippen LogP contribution in [0, 0.1) is 0 Å². The van der Waals surface area contributed by atoms with Crippen LogP contribution in [-0.2, 0) is 4.74 Å². The second-order valence-electron chi connectivity index (χ2n) is 6.50. The van der Waals surface area contributed by atoms with Crippen molar-refractivity contribution in [2.45, 2.75) is 32.4 Å². The number of ether oxygens (including phenoxy) is 3. The zero-order valence-electron chi connectivity index (χ0n) is 13.9. The van der Waals surface area contributed by atoms with Gasteiger partial charge in [-0.25, -0.2) is 0 Å². The van der Waals surface area contributed by atoms with E-state index in [1.54, 1.807) is 7.11 Å². The molecule has 4 nitrogen and oxygen atoms in total. The van der Waals surface area contributed by atoms with Crippen molar-refractivity contribution in [2.75, 3.05) is 33.4 Å². The highest BCUT2D eigenvalue weighted by Crippen LogP contribution is 2.39. The third-order valence-electron chi connectivity index (χ3n) is 4.44. The first-order valence-corrected chi connectivity index (χ1v) is 7.92. The zero-order chi connectivity index (χ0) is 15.7. The van der Waals surface area contributed by atoms with Crippen molar-refractivity contribution >= 4 is 6.08 Å². The van der Waals surface area contributed by atoms with Crippen LogP contribution in [0.5, 0.6) is 11.5 Å². The molecule has 0 N–H and O–H groups in total. The number of nitrogens with zero attached hydrogens (tertiary/aromatic N) is 1. The summed E-state index contributed by atoms with van der Waals surface area (Å²) < 4.78 is 17.1. The standard InChI is InChI=1S/C18H25NO3/c1-13(19-7-9-21-10-8-19)15-11-14-5-6-18(2,3)22-16(14)12-17(15)20-4/h5-6,11-13H,7-10H2,1-4H3. The van der Waals surface area contributed by atoms with Crippen LogP contribution in [-0.4, -0.2) is 43.9 Å². The molecule has 2 heterocycles. The average molecular weight is 303 g/mol. The summed E-state index contributed by atoms with van der Waals surface area (Å²) in [7, 11) is 1.72. The van der Waals surface area contributed by atoms with Gasteiger partial charge in [0.05, 0.1) is 20.3 Å². The molecule has 3 rings (SSSR count). The quantitative estimate of drug-likeness (QED) is 0.857. The fourth-order valence-corrected chi connectivity index (χ4v) is 3.09. The molecule has 2 aliphatic heterocycles. The van der Waals surface area contributed by atoms with E-state index in [0.29, 0.717) is 6.04 Å². The highest BCUT2D eigenvalue weighted by atomic mass is 16.5. The normalized spacial score (nSPS) is 21.8. The van der Waals surface area contributed by atoms with Gasteiger partial charge in [0.15, 0.2) is 0 Å². The summed E-state index contributed by atoms with van der Waals surface area (Å²) >= 11 is 0. The summed E-state index contributed by atoms with van der Waals surface area (Å²) in [5.74, 6) is 1.78. The van der Waals surface area contributed by atoms with Crippen LogP contribution >= 0.6 is 0 Å². The van der Waals surface area contributed by atoms with E-state index in [1.165, 1.54) is 5.56 Å². The maximum Gasteiger partial charge on any atom is 0.131 e. The molecule has 120 valence electrons. The van der Waals surface area contributed by atoms with Crippen molar-refractivity contribution in [1.29, 1.82) is 0 Å². The Morgan fingerprint density at radius 1 is 1.23 bits per heavy atom. The predicted molar refractivity (Wildman–Crippen MR) is 87.5 cm³/mol. The lowest BCUT2D eigenvalue weighted by Gasteiger charge is -2.34. The van der Waals surface area contributed by atoms with Crippen molar-refractivity contribution < 1.29 is 14.2 Å². The Balaban J connectivity index is 1.94. The second kappa shape index (κ2) is 5.94. The molecule has 0 aromatic heterocycles. The average Bonchev–Trinajstić information content (AvgIpc) is 2.53. The highest BCUT2D eigenvalue weighted by molar-refractivity contribution is 5.64. The van der Waals surface area contributed by atoms with Gasteiger partial charge in [0.25, 0.3) is 0 Å². The van der Waals surface area contributed by atoms with Crippen molar-refractivity contribution in [3.63, 3.8) is 0 Å². The van der Waals surface area contributed by atoms with Gasteiger partial charge in [-0.05, 0) is 32.9 Å². The third-order valence-corrected chi connectivity index (χ3v) is 4.44. The molecule has 1 fully saturated rings. The smallest absolute Gasteiger partial charge is 0.131 e. The van der Waals surface area contributed by atoms with Gasteiger partial charge in [0.1, 0.15) is 17.1 Å². The Bertz CT molecular complexity index is 574. The van der Waals surface area contributed by atoms with Crippen molar-refractivity contribution in [1.82, 2.24) is 4.90 Å². The fourth-order valence-electron chi connectivity index (χ4n) is 3.09. The number of rotatable bonds is 3. The summed E-state index contributed by atoms with van der Waals surface area (Å²) in [4.78, 5) is 2.44. The molecule has 0 bridgehead atoms. The van der Waals surface area contributed by atoms with E-state index < -0.39 is 0 Å². The molecule has 0 amide bonds. The highest BCUT2D eigenvalue weighted by Gasteiger charge is 2.26. The van der Waals surface area contributed by atoms with Gasteiger partial charge < -0.3 is 14.2 Å². The number of fused-ring (bicyclic) bond motifs is 1. The minimum atomic E-state index is -0.268. The molecule has 2 aliphatic rings. The van der Waals surface area contributed by atoms with Gasteiger partial charge in [-0.2, -0.15) is 0 Å². The maximum atomic E-state index is 6.04. The molecule has 1 atom stereocenters. The van der Waals surface area contributed by atoms with Crippen LogP contribution in [0.25, 0.3) is 6.08 Å². The van der Waals surface area contributed by atoms with Gasteiger partial charge in [-0.1, -0.05) is 6.08 Å². The molecular formula is C18H25NO3. The molecule has 0 saturated carbocycles. The summed E-state index contributed by atoms with van der Waals surface area (Å²) in [6, 6.07) is 4.51. The molecule has 1 unspecified atom stereocenters. The van der Waals surface area contributed by atoms with Gasteiger partial charge in [-0.15, -0.1) is 0 Å².